The van der Waals surface area contributed by atoms with Crippen molar-refractivity contribution in [2.45, 2.75) is 13.3 Å². The summed E-state index contributed by atoms with van der Waals surface area (Å²) in [6.07, 6.45) is 2.88. The van der Waals surface area contributed by atoms with Crippen LogP contribution in [0.3, 0.4) is 0 Å². The maximum Gasteiger partial charge on any atom is 0.272 e. The molecule has 0 unspecified atom stereocenters. The van der Waals surface area contributed by atoms with Crippen LogP contribution < -0.4 is 0 Å². The van der Waals surface area contributed by atoms with Crippen LogP contribution in [0.4, 0.5) is 0 Å². The minimum Gasteiger partial charge on any atom is -0.336 e. The van der Waals surface area contributed by atoms with E-state index in [1.54, 1.807) is 0 Å². The van der Waals surface area contributed by atoms with Gasteiger partial charge in [0.2, 0.25) is 0 Å². The molecule has 0 aliphatic carbocycles. The Morgan fingerprint density at radius 1 is 1.11 bits per heavy atom. The molecule has 0 radical (unpaired) electrons. The fourth-order valence-corrected chi connectivity index (χ4v) is 3.98. The Balaban J connectivity index is 1.53. The Bertz CT molecular complexity index is 987. The second-order valence-electron chi connectivity index (χ2n) is 7.78. The number of hydrogen-bond acceptors (Lipinski definition) is 4. The number of aromatic nitrogens is 2. The van der Waals surface area contributed by atoms with Crippen molar-refractivity contribution in [1.82, 2.24) is 19.8 Å². The fourth-order valence-electron chi connectivity index (χ4n) is 3.98. The smallest absolute Gasteiger partial charge is 0.272 e. The zero-order valence-electron chi connectivity index (χ0n) is 16.5. The first-order valence-electron chi connectivity index (χ1n) is 9.83. The van der Waals surface area contributed by atoms with E-state index in [0.717, 1.165) is 43.8 Å². The van der Waals surface area contributed by atoms with Gasteiger partial charge in [0.15, 0.2) is 0 Å². The number of rotatable bonds is 3. The van der Waals surface area contributed by atoms with Gasteiger partial charge in [0.25, 0.3) is 5.91 Å². The SMILES string of the molecule is Cc1cccc(C(=O)N2CCN(C)C[C@@H](Cc3cnc4ccccc4c3)C2)n1. The van der Waals surface area contributed by atoms with Crippen LogP contribution in [0.5, 0.6) is 0 Å². The van der Waals surface area contributed by atoms with E-state index in [-0.39, 0.29) is 5.91 Å². The number of nitrogens with zero attached hydrogens (tertiary/aromatic N) is 4. The highest BCUT2D eigenvalue weighted by atomic mass is 16.2. The molecule has 1 atom stereocenters. The second-order valence-corrected chi connectivity index (χ2v) is 7.78. The van der Waals surface area contributed by atoms with Crippen molar-refractivity contribution < 1.29 is 4.79 Å². The summed E-state index contributed by atoms with van der Waals surface area (Å²) in [5.74, 6) is 0.393. The minimum atomic E-state index is 0.0284. The number of para-hydroxylation sites is 1. The molecule has 4 rings (SSSR count). The predicted octanol–water partition coefficient (Wildman–Crippen LogP) is 3.18. The summed E-state index contributed by atoms with van der Waals surface area (Å²) in [4.78, 5) is 26.3. The molecule has 5 nitrogen and oxygen atoms in total. The average Bonchev–Trinajstić information content (AvgIpc) is 2.88. The summed E-state index contributed by atoms with van der Waals surface area (Å²) in [5, 5.41) is 1.17. The minimum absolute atomic E-state index is 0.0284. The average molecular weight is 374 g/mol. The lowest BCUT2D eigenvalue weighted by Gasteiger charge is -2.24. The first-order valence-corrected chi connectivity index (χ1v) is 9.83. The lowest BCUT2D eigenvalue weighted by Crippen LogP contribution is -2.37. The molecule has 1 amide bonds. The Labute approximate surface area is 166 Å². The Morgan fingerprint density at radius 3 is 2.82 bits per heavy atom. The van der Waals surface area contributed by atoms with Crippen LogP contribution in [0.1, 0.15) is 21.7 Å². The number of carbonyl (C=O) groups is 1. The lowest BCUT2D eigenvalue weighted by atomic mass is 9.98. The molecule has 1 aliphatic heterocycles. The molecule has 28 heavy (non-hydrogen) atoms. The van der Waals surface area contributed by atoms with Crippen LogP contribution in [-0.2, 0) is 6.42 Å². The molecule has 1 aromatic carbocycles. The summed E-state index contributed by atoms with van der Waals surface area (Å²) < 4.78 is 0. The van der Waals surface area contributed by atoms with Gasteiger partial charge in [-0.2, -0.15) is 0 Å². The van der Waals surface area contributed by atoms with E-state index >= 15 is 0 Å². The summed E-state index contributed by atoms with van der Waals surface area (Å²) in [5.41, 5.74) is 3.65. The first kappa shape index (κ1) is 18.6. The zero-order valence-corrected chi connectivity index (χ0v) is 16.5. The third-order valence-corrected chi connectivity index (χ3v) is 5.37. The van der Waals surface area contributed by atoms with Crippen molar-refractivity contribution in [3.8, 4) is 0 Å². The Morgan fingerprint density at radius 2 is 1.96 bits per heavy atom. The molecule has 2 aromatic heterocycles. The number of fused-ring (bicyclic) bond motifs is 1. The third kappa shape index (κ3) is 4.20. The normalized spacial score (nSPS) is 18.2. The molecule has 0 spiro atoms. The number of hydrogen-bond donors (Lipinski definition) is 0. The van der Waals surface area contributed by atoms with E-state index in [1.807, 2.05) is 54.4 Å². The fraction of sp³-hybridized carbons (Fsp3) is 0.348. The Hall–Kier alpha value is -2.79. The molecule has 0 bridgehead atoms. The van der Waals surface area contributed by atoms with E-state index in [2.05, 4.69) is 34.0 Å². The molecule has 3 aromatic rings. The van der Waals surface area contributed by atoms with E-state index in [0.29, 0.717) is 11.6 Å². The van der Waals surface area contributed by atoms with E-state index in [4.69, 9.17) is 0 Å². The van der Waals surface area contributed by atoms with Crippen molar-refractivity contribution in [2.75, 3.05) is 33.2 Å². The van der Waals surface area contributed by atoms with E-state index in [9.17, 15) is 4.79 Å². The zero-order chi connectivity index (χ0) is 19.5. The van der Waals surface area contributed by atoms with Crippen molar-refractivity contribution in [2.24, 2.45) is 5.92 Å². The summed E-state index contributed by atoms with van der Waals surface area (Å²) >= 11 is 0. The van der Waals surface area contributed by atoms with E-state index in [1.165, 1.54) is 10.9 Å². The van der Waals surface area contributed by atoms with Crippen LogP contribution in [0.25, 0.3) is 10.9 Å². The van der Waals surface area contributed by atoms with Gasteiger partial charge in [-0.05, 0) is 56.1 Å². The molecule has 1 saturated heterocycles. The number of carbonyl (C=O) groups excluding carboxylic acids is 1. The number of benzene rings is 1. The van der Waals surface area contributed by atoms with Crippen LogP contribution in [-0.4, -0.2) is 58.9 Å². The van der Waals surface area contributed by atoms with Gasteiger partial charge in [0.1, 0.15) is 5.69 Å². The van der Waals surface area contributed by atoms with Crippen molar-refractivity contribution in [3.05, 3.63) is 71.7 Å². The van der Waals surface area contributed by atoms with Crippen molar-refractivity contribution in [1.29, 1.82) is 0 Å². The highest BCUT2D eigenvalue weighted by Crippen LogP contribution is 2.19. The number of aryl methyl sites for hydroxylation is 1. The number of amides is 1. The lowest BCUT2D eigenvalue weighted by molar-refractivity contribution is 0.0740. The molecule has 1 fully saturated rings. The van der Waals surface area contributed by atoms with Gasteiger partial charge < -0.3 is 9.80 Å². The molecule has 5 heteroatoms. The summed E-state index contributed by atoms with van der Waals surface area (Å²) in [7, 11) is 2.13. The van der Waals surface area contributed by atoms with Gasteiger partial charge in [-0.3, -0.25) is 9.78 Å². The van der Waals surface area contributed by atoms with Gasteiger partial charge in [0.05, 0.1) is 5.52 Å². The summed E-state index contributed by atoms with van der Waals surface area (Å²) in [6.45, 7) is 5.24. The largest absolute Gasteiger partial charge is 0.336 e. The maximum atomic E-state index is 13.0. The highest BCUT2D eigenvalue weighted by molar-refractivity contribution is 5.92. The molecular formula is C23H26N4O. The topological polar surface area (TPSA) is 49.3 Å². The third-order valence-electron chi connectivity index (χ3n) is 5.37. The molecule has 0 saturated carbocycles. The van der Waals surface area contributed by atoms with Crippen molar-refractivity contribution in [3.63, 3.8) is 0 Å². The van der Waals surface area contributed by atoms with Crippen LogP contribution in [0.2, 0.25) is 0 Å². The Kier molecular flexibility index (Phi) is 5.35. The van der Waals surface area contributed by atoms with Gasteiger partial charge in [-0.1, -0.05) is 24.3 Å². The first-order chi connectivity index (χ1) is 13.6. The molecule has 1 aliphatic rings. The molecular weight excluding hydrogens is 348 g/mol. The molecule has 0 N–H and O–H groups in total. The quantitative estimate of drug-likeness (QED) is 0.706. The van der Waals surface area contributed by atoms with Crippen LogP contribution >= 0.6 is 0 Å². The van der Waals surface area contributed by atoms with Gasteiger partial charge in [-0.25, -0.2) is 4.98 Å². The predicted molar refractivity (Wildman–Crippen MR) is 111 cm³/mol. The summed E-state index contributed by atoms with van der Waals surface area (Å²) in [6, 6.07) is 16.0. The van der Waals surface area contributed by atoms with Gasteiger partial charge in [-0.15, -0.1) is 0 Å². The number of likely N-dealkylation sites (N-methyl/N-ethyl adjacent to an activating group) is 1. The van der Waals surface area contributed by atoms with Crippen molar-refractivity contribution >= 4 is 16.8 Å². The monoisotopic (exact) mass is 374 g/mol. The van der Waals surface area contributed by atoms with Gasteiger partial charge >= 0.3 is 0 Å². The number of pyridine rings is 2. The standard InChI is InChI=1S/C23H26N4O/c1-17-6-5-9-22(25-17)23(28)27-11-10-26(2)15-19(16-27)12-18-13-20-7-3-4-8-21(20)24-14-18/h3-9,13-14,19H,10-12,15-16H2,1-2H3/t19-/m1/s1. The molecule has 144 valence electrons. The van der Waals surface area contributed by atoms with Gasteiger partial charge in [0, 0.05) is 43.5 Å². The highest BCUT2D eigenvalue weighted by Gasteiger charge is 2.26. The van der Waals surface area contributed by atoms with Crippen LogP contribution in [0.15, 0.2) is 54.7 Å². The molecule has 3 heterocycles. The van der Waals surface area contributed by atoms with Crippen LogP contribution in [0, 0.1) is 12.8 Å². The van der Waals surface area contributed by atoms with E-state index < -0.39 is 0 Å². The maximum absolute atomic E-state index is 13.0. The second kappa shape index (κ2) is 8.07.